The molecule has 3 saturated heterocycles. The van der Waals surface area contributed by atoms with Crippen molar-refractivity contribution in [1.29, 1.82) is 10.8 Å². The lowest BCUT2D eigenvalue weighted by Gasteiger charge is -2.32. The quantitative estimate of drug-likeness (QED) is 0.189. The SMILES string of the molecule is C=C(CN1CC[C@]2(CCN(c3ccc(N)c(C(=N)C4CCOCC4)c3)C2=O)C1)N1CC=C(c2ccc(C(=N)OC(=O)NC)cc2)CC1. The van der Waals surface area contributed by atoms with Gasteiger partial charge in [0, 0.05) is 92.8 Å². The molecular weight excluding hydrogens is 594 g/mol. The molecule has 4 aliphatic rings. The summed E-state index contributed by atoms with van der Waals surface area (Å²) in [5, 5.41) is 19.1. The molecule has 248 valence electrons. The number of alkyl carbamates (subject to hydrolysis) is 1. The minimum absolute atomic E-state index is 0.131. The molecule has 6 rings (SSSR count). The fourth-order valence-electron chi connectivity index (χ4n) is 7.31. The summed E-state index contributed by atoms with van der Waals surface area (Å²) in [5.74, 6) is 0.116. The fourth-order valence-corrected chi connectivity index (χ4v) is 7.31. The van der Waals surface area contributed by atoms with Crippen LogP contribution in [0.3, 0.4) is 0 Å². The summed E-state index contributed by atoms with van der Waals surface area (Å²) in [6, 6.07) is 13.2. The van der Waals surface area contributed by atoms with Crippen LogP contribution in [0.1, 0.15) is 48.8 Å². The van der Waals surface area contributed by atoms with Crippen molar-refractivity contribution in [2.24, 2.45) is 11.3 Å². The van der Waals surface area contributed by atoms with Crippen LogP contribution >= 0.6 is 0 Å². The molecule has 11 nitrogen and oxygen atoms in total. The second-order valence-corrected chi connectivity index (χ2v) is 13.1. The van der Waals surface area contributed by atoms with E-state index in [9.17, 15) is 9.59 Å². The number of anilines is 2. The predicted molar refractivity (Wildman–Crippen MR) is 184 cm³/mol. The highest BCUT2D eigenvalue weighted by Crippen LogP contribution is 2.43. The summed E-state index contributed by atoms with van der Waals surface area (Å²) in [7, 11) is 1.46. The number of nitrogen functional groups attached to an aromatic ring is 1. The highest BCUT2D eigenvalue weighted by Gasteiger charge is 2.51. The van der Waals surface area contributed by atoms with Gasteiger partial charge in [0.05, 0.1) is 5.41 Å². The molecule has 4 heterocycles. The van der Waals surface area contributed by atoms with E-state index < -0.39 is 6.09 Å². The Hall–Kier alpha value is -4.48. The summed E-state index contributed by atoms with van der Waals surface area (Å²) in [6.07, 6.45) is 5.73. The van der Waals surface area contributed by atoms with Gasteiger partial charge in [0.15, 0.2) is 0 Å². The second-order valence-electron chi connectivity index (χ2n) is 13.1. The number of amides is 2. The topological polar surface area (TPSA) is 148 Å². The van der Waals surface area contributed by atoms with Gasteiger partial charge < -0.3 is 35.7 Å². The summed E-state index contributed by atoms with van der Waals surface area (Å²) in [4.78, 5) is 31.9. The Morgan fingerprint density at radius 2 is 1.85 bits per heavy atom. The molecule has 0 saturated carbocycles. The molecule has 47 heavy (non-hydrogen) atoms. The van der Waals surface area contributed by atoms with Gasteiger partial charge in [0.1, 0.15) is 0 Å². The van der Waals surface area contributed by atoms with E-state index in [1.54, 1.807) is 12.1 Å². The molecule has 11 heteroatoms. The van der Waals surface area contributed by atoms with E-state index in [-0.39, 0.29) is 23.1 Å². The first-order chi connectivity index (χ1) is 22.7. The van der Waals surface area contributed by atoms with E-state index in [0.717, 1.165) is 87.3 Å². The normalized spacial score (nSPS) is 22.0. The summed E-state index contributed by atoms with van der Waals surface area (Å²) < 4.78 is 10.4. The zero-order chi connectivity index (χ0) is 33.1. The Balaban J connectivity index is 1.03. The monoisotopic (exact) mass is 639 g/mol. The van der Waals surface area contributed by atoms with Crippen LogP contribution in [0.5, 0.6) is 0 Å². The van der Waals surface area contributed by atoms with Crippen molar-refractivity contribution in [3.63, 3.8) is 0 Å². The molecule has 2 aromatic carbocycles. The third-order valence-electron chi connectivity index (χ3n) is 10.2. The predicted octanol–water partition coefficient (Wildman–Crippen LogP) is 4.48. The number of nitrogens with one attached hydrogen (secondary N) is 3. The minimum atomic E-state index is -0.661. The zero-order valence-corrected chi connectivity index (χ0v) is 27.1. The van der Waals surface area contributed by atoms with E-state index in [2.05, 4.69) is 27.8 Å². The third-order valence-corrected chi connectivity index (χ3v) is 10.2. The Kier molecular flexibility index (Phi) is 9.47. The van der Waals surface area contributed by atoms with Gasteiger partial charge >= 0.3 is 6.09 Å². The van der Waals surface area contributed by atoms with Gasteiger partial charge in [0.2, 0.25) is 11.8 Å². The maximum absolute atomic E-state index is 13.9. The Labute approximate surface area is 276 Å². The number of ether oxygens (including phenoxy) is 2. The van der Waals surface area contributed by atoms with Crippen LogP contribution in [0.25, 0.3) is 5.57 Å². The summed E-state index contributed by atoms with van der Waals surface area (Å²) in [5.41, 5.74) is 12.6. The van der Waals surface area contributed by atoms with Gasteiger partial charge in [-0.15, -0.1) is 0 Å². The molecule has 5 N–H and O–H groups in total. The zero-order valence-electron chi connectivity index (χ0n) is 27.1. The number of carbonyl (C=O) groups is 2. The van der Waals surface area contributed by atoms with Gasteiger partial charge in [-0.25, -0.2) is 4.79 Å². The first-order valence-electron chi connectivity index (χ1n) is 16.5. The fraction of sp³-hybridized carbons (Fsp3) is 0.444. The van der Waals surface area contributed by atoms with Crippen molar-refractivity contribution in [2.75, 3.05) is 70.2 Å². The molecule has 2 aromatic rings. The molecule has 3 fully saturated rings. The third kappa shape index (κ3) is 6.82. The van der Waals surface area contributed by atoms with Gasteiger partial charge in [-0.1, -0.05) is 24.8 Å². The average molecular weight is 640 g/mol. The molecule has 0 radical (unpaired) electrons. The maximum atomic E-state index is 13.9. The maximum Gasteiger partial charge on any atom is 0.413 e. The van der Waals surface area contributed by atoms with Crippen LogP contribution in [-0.4, -0.2) is 92.9 Å². The molecular formula is C36H45N7O4. The minimum Gasteiger partial charge on any atom is -0.398 e. The van der Waals surface area contributed by atoms with Crippen molar-refractivity contribution < 1.29 is 19.1 Å². The summed E-state index contributed by atoms with van der Waals surface area (Å²) in [6.45, 7) is 10.4. The van der Waals surface area contributed by atoms with Crippen molar-refractivity contribution in [3.05, 3.63) is 77.5 Å². The van der Waals surface area contributed by atoms with E-state index in [0.29, 0.717) is 36.7 Å². The van der Waals surface area contributed by atoms with Crippen LogP contribution in [0.4, 0.5) is 16.2 Å². The number of likely N-dealkylation sites (tertiary alicyclic amines) is 1. The Bertz CT molecular complexity index is 1600. The molecule has 1 spiro atoms. The lowest BCUT2D eigenvalue weighted by molar-refractivity contribution is -0.125. The van der Waals surface area contributed by atoms with Crippen LogP contribution in [0.15, 0.2) is 60.8 Å². The highest BCUT2D eigenvalue weighted by atomic mass is 16.6. The van der Waals surface area contributed by atoms with Crippen LogP contribution in [-0.2, 0) is 14.3 Å². The number of nitrogens with two attached hydrogens (primary N) is 1. The molecule has 4 aliphatic heterocycles. The van der Waals surface area contributed by atoms with Crippen molar-refractivity contribution >= 4 is 40.6 Å². The number of hydrogen-bond donors (Lipinski definition) is 4. The smallest absolute Gasteiger partial charge is 0.398 e. The first-order valence-corrected chi connectivity index (χ1v) is 16.5. The summed E-state index contributed by atoms with van der Waals surface area (Å²) >= 11 is 0. The van der Waals surface area contributed by atoms with E-state index in [4.69, 9.17) is 26.0 Å². The van der Waals surface area contributed by atoms with Crippen molar-refractivity contribution in [1.82, 2.24) is 15.1 Å². The van der Waals surface area contributed by atoms with E-state index >= 15 is 0 Å². The van der Waals surface area contributed by atoms with Crippen LogP contribution < -0.4 is 16.0 Å². The highest BCUT2D eigenvalue weighted by molar-refractivity contribution is 6.07. The standard InChI is InChI=1S/C36H45N7O4/c1-24(42-15-9-26(10-16-42)25-3-5-28(6-4-25)33(39)47-35(45)40-2)22-41-17-13-36(23-41)14-18-43(34(36)44)29-7-8-31(37)30(21-29)32(38)27-11-19-46-20-12-27/h3-9,21,27,38-39H,1,10-20,22-23,37H2,2H3,(H,40,45)/t36-/m0/s1. The molecule has 2 amide bonds. The molecule has 1 atom stereocenters. The van der Waals surface area contributed by atoms with Gasteiger partial charge in [-0.05, 0) is 80.1 Å². The molecule has 0 unspecified atom stereocenters. The lowest BCUT2D eigenvalue weighted by Crippen LogP contribution is -2.39. The average Bonchev–Trinajstić information content (AvgIpc) is 3.66. The first kappa shape index (κ1) is 32.5. The number of hydrogen-bond acceptors (Lipinski definition) is 9. The van der Waals surface area contributed by atoms with Gasteiger partial charge in [0.25, 0.3) is 0 Å². The number of carbonyl (C=O) groups excluding carboxylic acids is 2. The number of rotatable bonds is 8. The van der Waals surface area contributed by atoms with Crippen molar-refractivity contribution in [3.8, 4) is 0 Å². The second kappa shape index (κ2) is 13.7. The van der Waals surface area contributed by atoms with Gasteiger partial charge in [-0.3, -0.25) is 15.1 Å². The van der Waals surface area contributed by atoms with Crippen LogP contribution in [0.2, 0.25) is 0 Å². The lowest BCUT2D eigenvalue weighted by atomic mass is 9.85. The van der Waals surface area contributed by atoms with Crippen molar-refractivity contribution in [2.45, 2.75) is 32.1 Å². The van der Waals surface area contributed by atoms with E-state index in [1.165, 1.54) is 12.6 Å². The molecule has 0 bridgehead atoms. The number of nitrogens with zero attached hydrogens (tertiary/aromatic N) is 3. The molecule has 0 aliphatic carbocycles. The van der Waals surface area contributed by atoms with E-state index in [1.807, 2.05) is 35.2 Å². The Morgan fingerprint density at radius 3 is 2.55 bits per heavy atom. The Morgan fingerprint density at radius 1 is 1.11 bits per heavy atom. The van der Waals surface area contributed by atoms with Crippen LogP contribution in [0, 0.1) is 22.2 Å². The molecule has 0 aromatic heterocycles. The largest absolute Gasteiger partial charge is 0.413 e. The number of benzene rings is 2. The van der Waals surface area contributed by atoms with Gasteiger partial charge in [-0.2, -0.15) is 0 Å².